The van der Waals surface area contributed by atoms with Crippen molar-refractivity contribution in [1.82, 2.24) is 10.3 Å². The van der Waals surface area contributed by atoms with Crippen LogP contribution in [0.4, 0.5) is 5.69 Å². The third-order valence-corrected chi connectivity index (χ3v) is 6.70. The molecule has 4 aromatic rings. The molecule has 1 aliphatic rings. The lowest BCUT2D eigenvalue weighted by Gasteiger charge is -2.26. The molecule has 1 fully saturated rings. The predicted molar refractivity (Wildman–Crippen MR) is 140 cm³/mol. The van der Waals surface area contributed by atoms with Gasteiger partial charge in [-0.3, -0.25) is 4.98 Å². The number of benzene rings is 2. The van der Waals surface area contributed by atoms with Crippen molar-refractivity contribution in [2.75, 3.05) is 11.5 Å². The second kappa shape index (κ2) is 9.66. The van der Waals surface area contributed by atoms with Gasteiger partial charge in [-0.2, -0.15) is 0 Å². The monoisotopic (exact) mass is 509 g/mol. The maximum Gasteiger partial charge on any atom is 0.174 e. The summed E-state index contributed by atoms with van der Waals surface area (Å²) in [6, 6.07) is 22.6. The fraction of sp³-hybridized carbons (Fsp3) is 0.154. The molecule has 1 saturated heterocycles. The van der Waals surface area contributed by atoms with E-state index in [0.717, 1.165) is 28.5 Å². The SMILES string of the molecule is CCOc1ccc(N2C(=S)NC(c3ccccn3)C2c2ccc(-c3ccc(Cl)c(Cl)c3)o2)cc1. The van der Waals surface area contributed by atoms with Crippen LogP contribution in [-0.2, 0) is 0 Å². The van der Waals surface area contributed by atoms with E-state index in [-0.39, 0.29) is 12.1 Å². The maximum absolute atomic E-state index is 6.37. The molecule has 8 heteroatoms. The normalized spacial score (nSPS) is 17.6. The number of nitrogens with one attached hydrogen (secondary N) is 1. The number of aromatic nitrogens is 1. The first-order valence-electron chi connectivity index (χ1n) is 10.8. The standard InChI is InChI=1S/C26H21Cl2N3O2S/c1-2-32-18-9-7-17(8-10-18)31-25(24(30-26(31)34)21-5-3-4-14-29-21)23-13-12-22(33-23)16-6-11-19(27)20(28)15-16/h3-15,24-25H,2H2,1H3,(H,30,34). The molecule has 1 N–H and O–H groups in total. The average Bonchev–Trinajstić information content (AvgIpc) is 3.47. The summed E-state index contributed by atoms with van der Waals surface area (Å²) in [7, 11) is 0. The molecule has 1 aliphatic heterocycles. The first kappa shape index (κ1) is 22.7. The van der Waals surface area contributed by atoms with Crippen molar-refractivity contribution in [3.8, 4) is 17.1 Å². The zero-order valence-electron chi connectivity index (χ0n) is 18.2. The van der Waals surface area contributed by atoms with Crippen LogP contribution in [0.1, 0.15) is 30.5 Å². The van der Waals surface area contributed by atoms with Gasteiger partial charge in [-0.15, -0.1) is 0 Å². The Balaban J connectivity index is 1.56. The van der Waals surface area contributed by atoms with Crippen LogP contribution in [0.2, 0.25) is 10.0 Å². The Labute approximate surface area is 213 Å². The molecule has 2 aromatic heterocycles. The van der Waals surface area contributed by atoms with Crippen molar-refractivity contribution in [2.24, 2.45) is 0 Å². The van der Waals surface area contributed by atoms with E-state index in [0.29, 0.717) is 27.5 Å². The minimum atomic E-state index is -0.253. The number of rotatable bonds is 6. The average molecular weight is 510 g/mol. The third-order valence-electron chi connectivity index (χ3n) is 5.65. The van der Waals surface area contributed by atoms with Gasteiger partial charge in [0, 0.05) is 17.4 Å². The Bertz CT molecular complexity index is 1310. The molecular weight excluding hydrogens is 489 g/mol. The Morgan fingerprint density at radius 3 is 2.56 bits per heavy atom. The molecule has 0 radical (unpaired) electrons. The lowest BCUT2D eigenvalue weighted by molar-refractivity contribution is 0.340. The molecule has 5 rings (SSSR count). The Morgan fingerprint density at radius 1 is 1.03 bits per heavy atom. The largest absolute Gasteiger partial charge is 0.494 e. The van der Waals surface area contributed by atoms with Crippen molar-refractivity contribution in [3.63, 3.8) is 0 Å². The second-order valence-corrected chi connectivity index (χ2v) is 8.96. The van der Waals surface area contributed by atoms with Crippen LogP contribution >= 0.6 is 35.4 Å². The highest BCUT2D eigenvalue weighted by molar-refractivity contribution is 7.80. The van der Waals surface area contributed by atoms with Crippen molar-refractivity contribution >= 4 is 46.2 Å². The molecule has 0 saturated carbocycles. The zero-order chi connectivity index (χ0) is 23.7. The molecule has 2 unspecified atom stereocenters. The summed E-state index contributed by atoms with van der Waals surface area (Å²) in [5.74, 6) is 2.25. The van der Waals surface area contributed by atoms with Crippen LogP contribution < -0.4 is 15.0 Å². The second-order valence-electron chi connectivity index (χ2n) is 7.75. The molecular formula is C26H21Cl2N3O2S. The van der Waals surface area contributed by atoms with Gasteiger partial charge in [0.25, 0.3) is 0 Å². The highest BCUT2D eigenvalue weighted by Crippen LogP contribution is 2.43. The summed E-state index contributed by atoms with van der Waals surface area (Å²) in [6.45, 7) is 2.57. The number of pyridine rings is 1. The molecule has 5 nitrogen and oxygen atoms in total. The van der Waals surface area contributed by atoms with E-state index < -0.39 is 0 Å². The molecule has 172 valence electrons. The quantitative estimate of drug-likeness (QED) is 0.276. The summed E-state index contributed by atoms with van der Waals surface area (Å²) in [5, 5.41) is 5.01. The number of halogens is 2. The smallest absolute Gasteiger partial charge is 0.174 e. The minimum Gasteiger partial charge on any atom is -0.494 e. The van der Waals surface area contributed by atoms with E-state index in [1.54, 1.807) is 18.3 Å². The van der Waals surface area contributed by atoms with E-state index in [1.165, 1.54) is 0 Å². The molecule has 2 aromatic carbocycles. The Hall–Kier alpha value is -3.06. The van der Waals surface area contributed by atoms with Gasteiger partial charge in [-0.1, -0.05) is 29.3 Å². The van der Waals surface area contributed by atoms with Crippen molar-refractivity contribution in [1.29, 1.82) is 0 Å². The Morgan fingerprint density at radius 2 is 1.85 bits per heavy atom. The first-order valence-corrected chi connectivity index (χ1v) is 12.0. The van der Waals surface area contributed by atoms with Crippen molar-refractivity contribution in [3.05, 3.63) is 100 Å². The van der Waals surface area contributed by atoms with Gasteiger partial charge < -0.3 is 19.4 Å². The van der Waals surface area contributed by atoms with E-state index in [2.05, 4.69) is 15.2 Å². The molecule has 2 atom stereocenters. The number of thiocarbonyl (C=S) groups is 1. The molecule has 34 heavy (non-hydrogen) atoms. The number of nitrogens with zero attached hydrogens (tertiary/aromatic N) is 2. The lowest BCUT2D eigenvalue weighted by Crippen LogP contribution is -2.29. The number of furan rings is 1. The first-order chi connectivity index (χ1) is 16.5. The van der Waals surface area contributed by atoms with Crippen LogP contribution in [0.15, 0.2) is 83.4 Å². The topological polar surface area (TPSA) is 50.5 Å². The van der Waals surface area contributed by atoms with Gasteiger partial charge in [0.1, 0.15) is 23.3 Å². The summed E-state index contributed by atoms with van der Waals surface area (Å²) in [4.78, 5) is 6.64. The fourth-order valence-electron chi connectivity index (χ4n) is 4.11. The minimum absolute atomic E-state index is 0.201. The fourth-order valence-corrected chi connectivity index (χ4v) is 4.75. The number of hydrogen-bond donors (Lipinski definition) is 1. The van der Waals surface area contributed by atoms with Crippen LogP contribution in [0.3, 0.4) is 0 Å². The van der Waals surface area contributed by atoms with Gasteiger partial charge in [0.2, 0.25) is 0 Å². The molecule has 0 amide bonds. The summed E-state index contributed by atoms with van der Waals surface area (Å²) < 4.78 is 12.0. The van der Waals surface area contributed by atoms with Gasteiger partial charge in [-0.05, 0) is 85.9 Å². The predicted octanol–water partition coefficient (Wildman–Crippen LogP) is 7.22. The van der Waals surface area contributed by atoms with Crippen LogP contribution in [0.25, 0.3) is 11.3 Å². The summed E-state index contributed by atoms with van der Waals surface area (Å²) in [6.07, 6.45) is 1.78. The number of anilines is 1. The van der Waals surface area contributed by atoms with Gasteiger partial charge in [-0.25, -0.2) is 0 Å². The molecule has 0 spiro atoms. The van der Waals surface area contributed by atoms with Crippen molar-refractivity contribution < 1.29 is 9.15 Å². The maximum atomic E-state index is 6.37. The van der Waals surface area contributed by atoms with Crippen molar-refractivity contribution in [2.45, 2.75) is 19.0 Å². The highest BCUT2D eigenvalue weighted by atomic mass is 35.5. The van der Waals surface area contributed by atoms with E-state index >= 15 is 0 Å². The van der Waals surface area contributed by atoms with Gasteiger partial charge >= 0.3 is 0 Å². The van der Waals surface area contributed by atoms with Crippen LogP contribution in [0, 0.1) is 0 Å². The van der Waals surface area contributed by atoms with Crippen LogP contribution in [-0.4, -0.2) is 16.7 Å². The number of ether oxygens (including phenoxy) is 1. The zero-order valence-corrected chi connectivity index (χ0v) is 20.6. The van der Waals surface area contributed by atoms with E-state index in [9.17, 15) is 0 Å². The summed E-state index contributed by atoms with van der Waals surface area (Å²) >= 11 is 18.1. The lowest BCUT2D eigenvalue weighted by atomic mass is 10.0. The summed E-state index contributed by atoms with van der Waals surface area (Å²) in [5.41, 5.74) is 2.64. The highest BCUT2D eigenvalue weighted by Gasteiger charge is 2.42. The Kier molecular flexibility index (Phi) is 6.46. The molecule has 0 aliphatic carbocycles. The van der Waals surface area contributed by atoms with Gasteiger partial charge in [0.05, 0.1) is 28.4 Å². The van der Waals surface area contributed by atoms with E-state index in [4.69, 9.17) is 44.6 Å². The number of hydrogen-bond acceptors (Lipinski definition) is 4. The van der Waals surface area contributed by atoms with Crippen LogP contribution in [0.5, 0.6) is 5.75 Å². The molecule has 3 heterocycles. The molecule has 0 bridgehead atoms. The third kappa shape index (κ3) is 4.37. The van der Waals surface area contributed by atoms with Gasteiger partial charge in [0.15, 0.2) is 5.11 Å². The van der Waals surface area contributed by atoms with E-state index in [1.807, 2.05) is 67.6 Å².